The number of nitrogens with zero attached hydrogens (tertiary/aromatic N) is 13. The van der Waals surface area contributed by atoms with Crippen LogP contribution in [-0.2, 0) is 65.7 Å². The van der Waals surface area contributed by atoms with Gasteiger partial charge in [0, 0.05) is 91.7 Å². The maximum atomic E-state index is 9.61. The third-order valence-corrected chi connectivity index (χ3v) is 25.0. The van der Waals surface area contributed by atoms with E-state index in [4.69, 9.17) is 5.41 Å². The first-order valence-electron chi connectivity index (χ1n) is 45.1. The van der Waals surface area contributed by atoms with E-state index >= 15 is 0 Å². The SMILES string of the molecule is CC(=[N-])/C=C(/C)N(C)c1[c-]cc(-c2ccc3c4ccccc4n(-c4ccccc4)c3c2)cc1.CCCCC1(CCCC)c2ccccc2-c2ccc(-c3c[c-]c(N(C)/C(C)=C\C(C)=[N-])cc3)cc21.CN(/C=C\C=[N-])c1[c-]cc(-c2ccc3c(c2)sc2ccccc23)cc1.Cc1cc(C)n(-c2[c-]cccc2)n1.Cc1cc(C)n(-c2[c-]cccc2)n1.Cc1cc(C)n(-c2[c-]cccc2)n1.[Ir+3].[Ir+3].[Ir+3]. The number of allylic oxidation sites excluding steroid dienone is 5. The summed E-state index contributed by atoms with van der Waals surface area (Å²) in [5.41, 5.74) is 31.5. The molecule has 0 atom stereocenters. The van der Waals surface area contributed by atoms with Crippen LogP contribution in [0.4, 0.5) is 17.1 Å². The molecule has 0 amide bonds. The van der Waals surface area contributed by atoms with Crippen LogP contribution in [-0.4, -0.2) is 72.7 Å². The quantitative estimate of drug-likeness (QED) is 0.0490. The molecular formula is C118H112Ir3N13S. The molecule has 0 N–H and O–H groups in total. The molecule has 0 bridgehead atoms. The number of benzene rings is 13. The molecule has 0 spiro atoms. The molecule has 0 saturated carbocycles. The van der Waals surface area contributed by atoms with E-state index in [2.05, 4.69) is 276 Å². The molecule has 1 aliphatic carbocycles. The maximum Gasteiger partial charge on any atom is 3.00 e. The van der Waals surface area contributed by atoms with Crippen molar-refractivity contribution in [1.82, 2.24) is 33.9 Å². The van der Waals surface area contributed by atoms with Gasteiger partial charge in [-0.3, -0.25) is 14.0 Å². The van der Waals surface area contributed by atoms with Gasteiger partial charge in [0.05, 0.1) is 28.1 Å². The monoisotopic (exact) mass is 2320 g/mol. The Morgan fingerprint density at radius 1 is 0.393 bits per heavy atom. The Bertz CT molecular complexity index is 6880. The predicted octanol–water partition coefficient (Wildman–Crippen LogP) is 29.8. The van der Waals surface area contributed by atoms with Crippen LogP contribution < -0.4 is 14.7 Å². The third-order valence-electron chi connectivity index (χ3n) is 23.8. The number of aromatic nitrogens is 7. The summed E-state index contributed by atoms with van der Waals surface area (Å²) in [6, 6.07) is 125. The number of rotatable bonds is 22. The van der Waals surface area contributed by atoms with Crippen molar-refractivity contribution in [2.75, 3.05) is 35.8 Å². The third kappa shape index (κ3) is 24.8. The van der Waals surface area contributed by atoms with Gasteiger partial charge in [0.2, 0.25) is 0 Å². The van der Waals surface area contributed by atoms with Crippen molar-refractivity contribution in [3.8, 4) is 67.3 Å². The van der Waals surface area contributed by atoms with Gasteiger partial charge in [-0.15, -0.1) is 64.4 Å². The number of thiophene rings is 1. The summed E-state index contributed by atoms with van der Waals surface area (Å²) < 4.78 is 10.7. The van der Waals surface area contributed by atoms with E-state index < -0.39 is 0 Å². The molecule has 0 aliphatic heterocycles. The van der Waals surface area contributed by atoms with Crippen molar-refractivity contribution in [2.45, 2.75) is 127 Å². The smallest absolute Gasteiger partial charge is 0.811 e. The summed E-state index contributed by atoms with van der Waals surface area (Å²) in [6.07, 6.45) is 15.2. The van der Waals surface area contributed by atoms with Crippen LogP contribution in [0.15, 0.2) is 339 Å². The first kappa shape index (κ1) is 103. The van der Waals surface area contributed by atoms with E-state index in [0.29, 0.717) is 5.71 Å². The van der Waals surface area contributed by atoms with Crippen LogP contribution in [0, 0.1) is 77.9 Å². The van der Waals surface area contributed by atoms with Crippen LogP contribution >= 0.6 is 11.3 Å². The predicted molar refractivity (Wildman–Crippen MR) is 560 cm³/mol. The summed E-state index contributed by atoms with van der Waals surface area (Å²) in [5.74, 6) is 0. The zero-order chi connectivity index (χ0) is 93.0. The number of aryl methyl sites for hydroxylation is 6. The number of hydrogen-bond acceptors (Lipinski definition) is 7. The Labute approximate surface area is 842 Å². The van der Waals surface area contributed by atoms with E-state index in [1.54, 1.807) is 38.3 Å². The summed E-state index contributed by atoms with van der Waals surface area (Å²) in [5, 5.41) is 46.1. The second-order valence-electron chi connectivity index (χ2n) is 33.5. The summed E-state index contributed by atoms with van der Waals surface area (Å²) >= 11 is 1.83. The molecule has 682 valence electrons. The molecule has 0 saturated heterocycles. The molecule has 17 heteroatoms. The molecule has 1 aliphatic rings. The molecular weight excluding hydrogens is 2210 g/mol. The molecule has 0 unspecified atom stereocenters. The second kappa shape index (κ2) is 48.3. The van der Waals surface area contributed by atoms with Gasteiger partial charge in [0.15, 0.2) is 0 Å². The fourth-order valence-corrected chi connectivity index (χ4v) is 18.3. The molecule has 18 aromatic rings. The van der Waals surface area contributed by atoms with Crippen molar-refractivity contribution < 1.29 is 60.3 Å². The zero-order valence-corrected chi connectivity index (χ0v) is 87.2. The number of hydrogen-bond donors (Lipinski definition) is 0. The van der Waals surface area contributed by atoms with E-state index in [1.165, 1.54) is 119 Å². The van der Waals surface area contributed by atoms with Gasteiger partial charge in [0.1, 0.15) is 0 Å². The number of para-hydroxylation sites is 5. The van der Waals surface area contributed by atoms with Crippen molar-refractivity contribution in [2.24, 2.45) is 0 Å². The van der Waals surface area contributed by atoms with Crippen molar-refractivity contribution in [1.29, 1.82) is 0 Å². The van der Waals surface area contributed by atoms with Gasteiger partial charge in [0.25, 0.3) is 0 Å². The minimum atomic E-state index is 0. The summed E-state index contributed by atoms with van der Waals surface area (Å²) in [6.45, 7) is 24.0. The van der Waals surface area contributed by atoms with Crippen LogP contribution in [0.2, 0.25) is 0 Å². The van der Waals surface area contributed by atoms with Crippen molar-refractivity contribution in [3.63, 3.8) is 0 Å². The van der Waals surface area contributed by atoms with Gasteiger partial charge in [-0.1, -0.05) is 227 Å². The molecule has 0 radical (unpaired) electrons. The second-order valence-corrected chi connectivity index (χ2v) is 34.6. The fraction of sp³-hybridized carbons (Fsp3) is 0.186. The van der Waals surface area contributed by atoms with Gasteiger partial charge < -0.3 is 35.5 Å². The Morgan fingerprint density at radius 2 is 0.800 bits per heavy atom. The first-order chi connectivity index (χ1) is 64.0. The molecule has 13 nitrogen and oxygen atoms in total. The number of fused-ring (bicyclic) bond motifs is 9. The molecule has 5 aromatic heterocycles. The Kier molecular flexibility index (Phi) is 36.7. The van der Waals surface area contributed by atoms with Crippen molar-refractivity contribution in [3.05, 3.63) is 437 Å². The van der Waals surface area contributed by atoms with Gasteiger partial charge in [-0.2, -0.15) is 160 Å². The van der Waals surface area contributed by atoms with Crippen LogP contribution in [0.5, 0.6) is 0 Å². The Hall–Kier alpha value is -12.9. The normalized spacial score (nSPS) is 11.6. The molecule has 135 heavy (non-hydrogen) atoms. The van der Waals surface area contributed by atoms with Crippen LogP contribution in [0.1, 0.15) is 125 Å². The average Bonchev–Trinajstić information content (AvgIpc) is 1.56. The topological polar surface area (TPSA) is 135 Å². The van der Waals surface area contributed by atoms with Crippen molar-refractivity contribution >= 4 is 88.0 Å². The van der Waals surface area contributed by atoms with E-state index in [1.807, 2.05) is 214 Å². The van der Waals surface area contributed by atoms with E-state index in [-0.39, 0.29) is 71.4 Å². The standard InChI is InChI=1S/C33H38N2.C30H25N3.C22H16N2S.3C11H11N2.3Ir/c1-6-8-20-33(21-9-7-2)31-13-11-10-12-29(31)30-19-16-27(23-32(30)33)26-14-17-28(18-15-26)35(5)25(4)22-24(3)34;1-21(31)19-22(2)32(3)25-16-13-23(14-17-25)24-15-18-28-27-11-7-8-12-29(27)33(30(28)20-24)26-9-5-4-6-10-26;1-24(14-4-13-23)18-10-7-16(8-11-18)17-9-12-20-19-5-2-3-6-21(19)25-22(20)15-17;3*1-9-8-10(2)13(12-9)11-6-4-3-5-7-11;;;/h10-17,19,22-23H,6-9,20-21H2,1-5H3;4-16,18-20H,1-3H3;2-10,12-15H,1H3;3*3-6,8H,1-2H3;;;/q3*-2;3*-1;3*+3/b25-22-;22-19-;14-4-;;;;;;. The van der Waals surface area contributed by atoms with Crippen LogP contribution in [0.25, 0.3) is 125 Å². The van der Waals surface area contributed by atoms with Gasteiger partial charge in [-0.05, 0) is 168 Å². The van der Waals surface area contributed by atoms with Gasteiger partial charge in [-0.25, -0.2) is 0 Å². The zero-order valence-electron chi connectivity index (χ0n) is 79.2. The summed E-state index contributed by atoms with van der Waals surface area (Å²) in [4.78, 5) is 5.97. The molecule has 5 heterocycles. The minimum Gasteiger partial charge on any atom is -0.811 e. The maximum absolute atomic E-state index is 9.61. The first-order valence-corrected chi connectivity index (χ1v) is 45.9. The van der Waals surface area contributed by atoms with E-state index in [0.717, 1.165) is 108 Å². The number of anilines is 3. The fourth-order valence-electron chi connectivity index (χ4n) is 17.2. The largest absolute Gasteiger partial charge is 3.00 e. The van der Waals surface area contributed by atoms with Gasteiger partial charge >= 0.3 is 60.3 Å². The molecule has 13 aromatic carbocycles. The number of unbranched alkanes of at least 4 members (excludes halogenated alkanes) is 2. The molecule has 0 fully saturated rings. The Balaban J connectivity index is 0.000000162. The Morgan fingerprint density at radius 3 is 1.26 bits per heavy atom. The van der Waals surface area contributed by atoms with Crippen LogP contribution in [0.3, 0.4) is 0 Å². The summed E-state index contributed by atoms with van der Waals surface area (Å²) in [7, 11) is 5.90. The average molecular weight is 2320 g/mol. The molecule has 19 rings (SSSR count). The van der Waals surface area contributed by atoms with E-state index in [9.17, 15) is 10.8 Å². The minimum absolute atomic E-state index is 0.